The molecule has 0 saturated carbocycles. The van der Waals surface area contributed by atoms with Gasteiger partial charge in [0.2, 0.25) is 41.4 Å². The first-order valence-corrected chi connectivity index (χ1v) is 20.2. The lowest BCUT2D eigenvalue weighted by Gasteiger charge is -2.18. The summed E-state index contributed by atoms with van der Waals surface area (Å²) in [7, 11) is 2.98. The van der Waals surface area contributed by atoms with E-state index in [1.54, 1.807) is 7.11 Å². The lowest BCUT2D eigenvalue weighted by molar-refractivity contribution is -0.131. The highest BCUT2D eigenvalue weighted by Gasteiger charge is 2.21. The fourth-order valence-corrected chi connectivity index (χ4v) is 4.38. The number of hydrogen-bond donors (Lipinski definition) is 7. The van der Waals surface area contributed by atoms with Gasteiger partial charge in [0, 0.05) is 40.2 Å². The van der Waals surface area contributed by atoms with Crippen molar-refractivity contribution in [3.63, 3.8) is 0 Å². The lowest BCUT2D eigenvalue weighted by atomic mass is 9.92. The fraction of sp³-hybridized carbons (Fsp3) is 0.816. The van der Waals surface area contributed by atoms with Gasteiger partial charge in [-0.1, -0.05) is 20.8 Å². The minimum absolute atomic E-state index is 0.0220. The van der Waals surface area contributed by atoms with Crippen molar-refractivity contribution >= 4 is 41.4 Å². The quantitative estimate of drug-likeness (QED) is 0.0293. The van der Waals surface area contributed by atoms with Gasteiger partial charge in [-0.3, -0.25) is 33.6 Å². The third-order valence-corrected chi connectivity index (χ3v) is 7.34. The molecular formula is C38H71N7O16. The van der Waals surface area contributed by atoms with Crippen molar-refractivity contribution in [3.8, 4) is 0 Å². The van der Waals surface area contributed by atoms with Crippen LogP contribution in [0.4, 0.5) is 0 Å². The van der Waals surface area contributed by atoms with Gasteiger partial charge in [0.05, 0.1) is 132 Å². The molecule has 61 heavy (non-hydrogen) atoms. The zero-order chi connectivity index (χ0) is 45.4. The van der Waals surface area contributed by atoms with Gasteiger partial charge in [-0.2, -0.15) is 0 Å². The Kier molecular flexibility index (Phi) is 36.2. The van der Waals surface area contributed by atoms with Gasteiger partial charge in [0.1, 0.15) is 6.04 Å². The SMILES string of the molecule is COCCOCCOCCOCCOCCOCCOCCOCCNC(=O)C(COC)NC(=O)CNC(=O)CNC(=O)CNC(=O)CNC(=O)CCNC(=O)CC(C)(C)C. The number of carbonyl (C=O) groups excluding carboxylic acids is 7. The first kappa shape index (κ1) is 56.9. The van der Waals surface area contributed by atoms with Crippen LogP contribution in [0.3, 0.4) is 0 Å². The molecule has 0 aliphatic rings. The van der Waals surface area contributed by atoms with Gasteiger partial charge in [-0.05, 0) is 5.41 Å². The number of rotatable bonds is 40. The summed E-state index contributed by atoms with van der Waals surface area (Å²) < 4.78 is 47.8. The van der Waals surface area contributed by atoms with Crippen LogP contribution in [-0.2, 0) is 76.2 Å². The van der Waals surface area contributed by atoms with Crippen LogP contribution in [0, 0.1) is 5.41 Å². The molecule has 0 heterocycles. The predicted molar refractivity (Wildman–Crippen MR) is 218 cm³/mol. The summed E-state index contributed by atoms with van der Waals surface area (Å²) in [6, 6.07) is -1.04. The molecule has 0 aliphatic carbocycles. The number of methoxy groups -OCH3 is 2. The molecule has 23 nitrogen and oxygen atoms in total. The third kappa shape index (κ3) is 39.8. The molecule has 0 aromatic rings. The van der Waals surface area contributed by atoms with E-state index in [1.807, 2.05) is 20.8 Å². The molecule has 23 heteroatoms. The highest BCUT2D eigenvalue weighted by atomic mass is 16.6. The standard InChI is InChI=1S/C38H71N7O16/c1-38(2,3)24-32(47)39-7-6-31(46)41-25-33(48)42-26-34(49)43-27-35(50)44-28-36(51)45-30(29-54-5)37(52)40-8-9-55-12-13-57-16-17-59-20-21-61-23-22-60-19-18-58-15-14-56-11-10-53-4/h30H,6-29H2,1-5H3,(H,39,47)(H,40,52)(H,41,46)(H,42,48)(H,43,49)(H,44,50)(H,45,51). The molecule has 0 radical (unpaired) electrons. The van der Waals surface area contributed by atoms with E-state index < -0.39 is 61.1 Å². The van der Waals surface area contributed by atoms with Crippen molar-refractivity contribution in [1.82, 2.24) is 37.2 Å². The number of carbonyl (C=O) groups is 7. The smallest absolute Gasteiger partial charge is 0.245 e. The van der Waals surface area contributed by atoms with Gasteiger partial charge in [0.25, 0.3) is 0 Å². The van der Waals surface area contributed by atoms with E-state index in [4.69, 9.17) is 42.6 Å². The van der Waals surface area contributed by atoms with Crippen molar-refractivity contribution in [2.45, 2.75) is 39.7 Å². The number of hydrogen-bond acceptors (Lipinski definition) is 16. The van der Waals surface area contributed by atoms with Crippen LogP contribution in [0.1, 0.15) is 33.6 Å². The minimum Gasteiger partial charge on any atom is -0.382 e. The number of amides is 7. The van der Waals surface area contributed by atoms with E-state index in [0.29, 0.717) is 98.9 Å². The Hall–Kier alpha value is -4.07. The van der Waals surface area contributed by atoms with Crippen LogP contribution in [0.15, 0.2) is 0 Å². The second-order valence-electron chi connectivity index (χ2n) is 14.1. The molecule has 0 fully saturated rings. The largest absolute Gasteiger partial charge is 0.382 e. The van der Waals surface area contributed by atoms with E-state index >= 15 is 0 Å². The van der Waals surface area contributed by atoms with Gasteiger partial charge < -0.3 is 79.8 Å². The summed E-state index contributed by atoms with van der Waals surface area (Å²) in [4.78, 5) is 84.7. The Morgan fingerprint density at radius 1 is 0.410 bits per heavy atom. The highest BCUT2D eigenvalue weighted by molar-refractivity contribution is 5.92. The van der Waals surface area contributed by atoms with Crippen molar-refractivity contribution in [3.05, 3.63) is 0 Å². The fourth-order valence-electron chi connectivity index (χ4n) is 4.38. The van der Waals surface area contributed by atoms with Crippen LogP contribution < -0.4 is 37.2 Å². The lowest BCUT2D eigenvalue weighted by Crippen LogP contribution is -2.52. The van der Waals surface area contributed by atoms with Gasteiger partial charge in [-0.15, -0.1) is 0 Å². The zero-order valence-electron chi connectivity index (χ0n) is 36.6. The van der Waals surface area contributed by atoms with Gasteiger partial charge in [0.15, 0.2) is 0 Å². The van der Waals surface area contributed by atoms with Crippen LogP contribution in [0.25, 0.3) is 0 Å². The second-order valence-corrected chi connectivity index (χ2v) is 14.1. The van der Waals surface area contributed by atoms with Gasteiger partial charge >= 0.3 is 0 Å². The van der Waals surface area contributed by atoms with Crippen molar-refractivity contribution in [1.29, 1.82) is 0 Å². The molecule has 7 N–H and O–H groups in total. The van der Waals surface area contributed by atoms with Crippen LogP contribution in [-0.4, -0.2) is 207 Å². The molecule has 0 rings (SSSR count). The van der Waals surface area contributed by atoms with Crippen molar-refractivity contribution in [2.75, 3.05) is 159 Å². The molecule has 0 aromatic heterocycles. The normalized spacial score (nSPS) is 11.6. The molecule has 0 aromatic carbocycles. The summed E-state index contributed by atoms with van der Waals surface area (Å²) in [5.41, 5.74) is -0.185. The van der Waals surface area contributed by atoms with Crippen molar-refractivity contribution in [2.24, 2.45) is 5.41 Å². The zero-order valence-corrected chi connectivity index (χ0v) is 36.6. The Morgan fingerprint density at radius 3 is 1.18 bits per heavy atom. The average molecular weight is 882 g/mol. The van der Waals surface area contributed by atoms with E-state index in [2.05, 4.69) is 37.2 Å². The Balaban J connectivity index is 3.86. The Labute approximate surface area is 358 Å². The van der Waals surface area contributed by atoms with Gasteiger partial charge in [-0.25, -0.2) is 0 Å². The molecule has 354 valence electrons. The molecule has 0 saturated heterocycles. The molecule has 0 aliphatic heterocycles. The topological polar surface area (TPSA) is 287 Å². The van der Waals surface area contributed by atoms with E-state index in [1.165, 1.54) is 7.11 Å². The summed E-state index contributed by atoms with van der Waals surface area (Å²) >= 11 is 0. The van der Waals surface area contributed by atoms with E-state index in [-0.39, 0.29) is 50.6 Å². The summed E-state index contributed by atoms with van der Waals surface area (Å²) in [6.07, 6.45) is 0.288. The maximum Gasteiger partial charge on any atom is 0.245 e. The minimum atomic E-state index is -1.04. The van der Waals surface area contributed by atoms with Crippen molar-refractivity contribution < 1.29 is 76.2 Å². The molecule has 0 spiro atoms. The van der Waals surface area contributed by atoms with E-state index in [0.717, 1.165) is 0 Å². The maximum absolute atomic E-state index is 12.6. The molecule has 0 bridgehead atoms. The van der Waals surface area contributed by atoms with Crippen LogP contribution in [0.2, 0.25) is 0 Å². The molecule has 7 amide bonds. The van der Waals surface area contributed by atoms with Crippen LogP contribution >= 0.6 is 0 Å². The predicted octanol–water partition coefficient (Wildman–Crippen LogP) is -3.60. The highest BCUT2D eigenvalue weighted by Crippen LogP contribution is 2.17. The monoisotopic (exact) mass is 881 g/mol. The first-order valence-electron chi connectivity index (χ1n) is 20.2. The first-order chi connectivity index (χ1) is 29.3. The summed E-state index contributed by atoms with van der Waals surface area (Å²) in [6.45, 7) is 10.5. The molecule has 1 unspecified atom stereocenters. The Morgan fingerprint density at radius 2 is 0.787 bits per heavy atom. The maximum atomic E-state index is 12.6. The second kappa shape index (κ2) is 38.8. The molecular weight excluding hydrogens is 810 g/mol. The third-order valence-electron chi connectivity index (χ3n) is 7.34. The average Bonchev–Trinajstić information content (AvgIpc) is 3.21. The van der Waals surface area contributed by atoms with Crippen LogP contribution in [0.5, 0.6) is 0 Å². The summed E-state index contributed by atoms with van der Waals surface area (Å²) in [5.74, 6) is -3.87. The number of ether oxygens (including phenoxy) is 9. The van der Waals surface area contributed by atoms with E-state index in [9.17, 15) is 33.6 Å². The summed E-state index contributed by atoms with van der Waals surface area (Å²) in [5, 5.41) is 17.0. The Bertz CT molecular complexity index is 1230. The molecule has 1 atom stereocenters. The number of nitrogens with one attached hydrogen (secondary N) is 7.